The van der Waals surface area contributed by atoms with Crippen molar-refractivity contribution in [1.29, 1.82) is 0 Å². The molecule has 9 heteroatoms. The number of likely N-dealkylation sites (tertiary alicyclic amines) is 1. The SMILES string of the molecule is CO[C@@H]1C[C@@H](c2nnc3cnccn23)N(CCC(F)(F)F)C1. The van der Waals surface area contributed by atoms with Gasteiger partial charge in [-0.2, -0.15) is 13.2 Å². The molecule has 0 aliphatic carbocycles. The molecule has 0 saturated carbocycles. The second-order valence-electron chi connectivity index (χ2n) is 5.33. The lowest BCUT2D eigenvalue weighted by atomic mass is 10.2. The molecule has 0 unspecified atom stereocenters. The van der Waals surface area contributed by atoms with Crippen LogP contribution in [0.1, 0.15) is 24.7 Å². The van der Waals surface area contributed by atoms with Crippen molar-refractivity contribution in [3.8, 4) is 0 Å². The van der Waals surface area contributed by atoms with E-state index in [0.29, 0.717) is 24.4 Å². The number of ether oxygens (including phenoxy) is 1. The topological polar surface area (TPSA) is 55.6 Å². The third kappa shape index (κ3) is 3.05. The summed E-state index contributed by atoms with van der Waals surface area (Å²) >= 11 is 0. The molecule has 120 valence electrons. The highest BCUT2D eigenvalue weighted by molar-refractivity contribution is 5.34. The van der Waals surface area contributed by atoms with Crippen LogP contribution in [0.25, 0.3) is 5.65 Å². The predicted molar refractivity (Wildman–Crippen MR) is 71.2 cm³/mol. The van der Waals surface area contributed by atoms with E-state index in [1.165, 1.54) is 0 Å². The molecule has 1 aliphatic rings. The van der Waals surface area contributed by atoms with E-state index in [1.807, 2.05) is 0 Å². The van der Waals surface area contributed by atoms with E-state index in [-0.39, 0.29) is 18.7 Å². The largest absolute Gasteiger partial charge is 0.390 e. The fraction of sp³-hybridized carbons (Fsp3) is 0.615. The summed E-state index contributed by atoms with van der Waals surface area (Å²) in [6, 6.07) is -0.246. The Morgan fingerprint density at radius 3 is 2.91 bits per heavy atom. The van der Waals surface area contributed by atoms with Crippen LogP contribution in [-0.2, 0) is 4.74 Å². The molecule has 0 radical (unpaired) electrons. The molecule has 6 nitrogen and oxygen atoms in total. The van der Waals surface area contributed by atoms with E-state index in [4.69, 9.17) is 4.74 Å². The number of fused-ring (bicyclic) bond motifs is 1. The van der Waals surface area contributed by atoms with Crippen LogP contribution >= 0.6 is 0 Å². The minimum absolute atomic E-state index is 0.0754. The molecule has 22 heavy (non-hydrogen) atoms. The Balaban J connectivity index is 1.85. The average molecular weight is 315 g/mol. The Labute approximate surface area is 124 Å². The summed E-state index contributed by atoms with van der Waals surface area (Å²) in [5, 5.41) is 8.15. The molecule has 0 N–H and O–H groups in total. The van der Waals surface area contributed by atoms with Gasteiger partial charge in [0.15, 0.2) is 11.5 Å². The van der Waals surface area contributed by atoms with E-state index in [9.17, 15) is 13.2 Å². The molecule has 2 atom stereocenters. The van der Waals surface area contributed by atoms with Gasteiger partial charge in [0.2, 0.25) is 0 Å². The van der Waals surface area contributed by atoms with Crippen molar-refractivity contribution in [2.45, 2.75) is 31.2 Å². The minimum atomic E-state index is -4.17. The molecular formula is C13H16F3N5O. The highest BCUT2D eigenvalue weighted by Crippen LogP contribution is 2.33. The Hall–Kier alpha value is -1.74. The highest BCUT2D eigenvalue weighted by atomic mass is 19.4. The number of aromatic nitrogens is 4. The zero-order valence-corrected chi connectivity index (χ0v) is 12.0. The normalized spacial score (nSPS) is 23.5. The molecule has 1 aliphatic heterocycles. The van der Waals surface area contributed by atoms with Gasteiger partial charge in [0.25, 0.3) is 0 Å². The molecule has 1 saturated heterocycles. The second kappa shape index (κ2) is 5.81. The smallest absolute Gasteiger partial charge is 0.380 e. The maximum absolute atomic E-state index is 12.5. The third-order valence-corrected chi connectivity index (χ3v) is 3.92. The monoisotopic (exact) mass is 315 g/mol. The van der Waals surface area contributed by atoms with Crippen LogP contribution in [0, 0.1) is 0 Å². The van der Waals surface area contributed by atoms with E-state index >= 15 is 0 Å². The van der Waals surface area contributed by atoms with Crippen molar-refractivity contribution in [1.82, 2.24) is 24.5 Å². The summed E-state index contributed by atoms with van der Waals surface area (Å²) in [7, 11) is 1.57. The van der Waals surface area contributed by atoms with Crippen molar-refractivity contribution in [2.75, 3.05) is 20.2 Å². The number of methoxy groups -OCH3 is 1. The van der Waals surface area contributed by atoms with Gasteiger partial charge in [-0.3, -0.25) is 14.3 Å². The Kier molecular flexibility index (Phi) is 4.00. The first-order chi connectivity index (χ1) is 10.5. The maximum Gasteiger partial charge on any atom is 0.390 e. The fourth-order valence-electron chi connectivity index (χ4n) is 2.82. The molecule has 0 spiro atoms. The van der Waals surface area contributed by atoms with Crippen LogP contribution in [0.2, 0.25) is 0 Å². The number of halogens is 3. The van der Waals surface area contributed by atoms with Gasteiger partial charge in [0.1, 0.15) is 0 Å². The van der Waals surface area contributed by atoms with E-state index in [2.05, 4.69) is 15.2 Å². The van der Waals surface area contributed by atoms with Gasteiger partial charge in [-0.25, -0.2) is 0 Å². The first-order valence-corrected chi connectivity index (χ1v) is 6.96. The molecule has 3 heterocycles. The summed E-state index contributed by atoms with van der Waals surface area (Å²) in [5.74, 6) is 0.624. The average Bonchev–Trinajstić information content (AvgIpc) is 3.07. The van der Waals surface area contributed by atoms with Crippen LogP contribution in [0.4, 0.5) is 13.2 Å². The lowest BCUT2D eigenvalue weighted by molar-refractivity contribution is -0.138. The maximum atomic E-state index is 12.5. The molecular weight excluding hydrogens is 299 g/mol. The van der Waals surface area contributed by atoms with Crippen molar-refractivity contribution in [3.05, 3.63) is 24.4 Å². The molecule has 1 fully saturated rings. The van der Waals surface area contributed by atoms with Crippen molar-refractivity contribution in [3.63, 3.8) is 0 Å². The third-order valence-electron chi connectivity index (χ3n) is 3.92. The van der Waals surface area contributed by atoms with E-state index in [1.54, 1.807) is 35.0 Å². The predicted octanol–water partition coefficient (Wildman–Crippen LogP) is 1.84. The molecule has 3 rings (SSSR count). The van der Waals surface area contributed by atoms with Crippen molar-refractivity contribution in [2.24, 2.45) is 0 Å². The lowest BCUT2D eigenvalue weighted by Crippen LogP contribution is -2.30. The molecule has 0 aromatic carbocycles. The van der Waals surface area contributed by atoms with Crippen LogP contribution in [0.15, 0.2) is 18.6 Å². The van der Waals surface area contributed by atoms with Crippen LogP contribution in [0.3, 0.4) is 0 Å². The zero-order chi connectivity index (χ0) is 15.7. The van der Waals surface area contributed by atoms with Gasteiger partial charge in [-0.15, -0.1) is 10.2 Å². The van der Waals surface area contributed by atoms with Gasteiger partial charge in [-0.1, -0.05) is 0 Å². The summed E-state index contributed by atoms with van der Waals surface area (Å²) in [6.07, 6.45) is 0.351. The molecule has 0 amide bonds. The second-order valence-corrected chi connectivity index (χ2v) is 5.33. The van der Waals surface area contributed by atoms with Crippen LogP contribution in [-0.4, -0.2) is 57.0 Å². The fourth-order valence-corrected chi connectivity index (χ4v) is 2.82. The van der Waals surface area contributed by atoms with Gasteiger partial charge < -0.3 is 4.74 Å². The van der Waals surface area contributed by atoms with Gasteiger partial charge >= 0.3 is 6.18 Å². The molecule has 2 aromatic heterocycles. The highest BCUT2D eigenvalue weighted by Gasteiger charge is 2.38. The Bertz CT molecular complexity index is 644. The number of hydrogen-bond donors (Lipinski definition) is 0. The number of hydrogen-bond acceptors (Lipinski definition) is 5. The van der Waals surface area contributed by atoms with Crippen molar-refractivity contribution < 1.29 is 17.9 Å². The minimum Gasteiger partial charge on any atom is -0.380 e. The number of nitrogens with zero attached hydrogens (tertiary/aromatic N) is 5. The summed E-state index contributed by atoms with van der Waals surface area (Å²) < 4.78 is 44.6. The van der Waals surface area contributed by atoms with E-state index < -0.39 is 12.6 Å². The lowest BCUT2D eigenvalue weighted by Gasteiger charge is -2.23. The molecule has 2 aromatic rings. The van der Waals surface area contributed by atoms with Crippen LogP contribution in [0.5, 0.6) is 0 Å². The number of rotatable bonds is 4. The standard InChI is InChI=1S/C13H16F3N5O/c1-22-9-6-10(20(8-9)4-2-13(14,15)16)12-19-18-11-7-17-3-5-21(11)12/h3,5,7,9-10H,2,4,6,8H2,1H3/t9-,10+/m1/s1. The van der Waals surface area contributed by atoms with E-state index in [0.717, 1.165) is 0 Å². The summed E-state index contributed by atoms with van der Waals surface area (Å²) in [6.45, 7) is 0.380. The Morgan fingerprint density at radius 1 is 1.36 bits per heavy atom. The summed E-state index contributed by atoms with van der Waals surface area (Å²) in [4.78, 5) is 5.72. The Morgan fingerprint density at radius 2 is 2.18 bits per heavy atom. The van der Waals surface area contributed by atoms with Gasteiger partial charge in [0.05, 0.1) is 24.8 Å². The quantitative estimate of drug-likeness (QED) is 0.862. The number of alkyl halides is 3. The zero-order valence-electron chi connectivity index (χ0n) is 12.0. The van der Waals surface area contributed by atoms with Gasteiger partial charge in [-0.05, 0) is 6.42 Å². The summed E-state index contributed by atoms with van der Waals surface area (Å²) in [5.41, 5.74) is 0.578. The first-order valence-electron chi connectivity index (χ1n) is 6.96. The van der Waals surface area contributed by atoms with Crippen molar-refractivity contribution >= 4 is 5.65 Å². The first kappa shape index (κ1) is 15.2. The molecule has 0 bridgehead atoms. The van der Waals surface area contributed by atoms with Crippen LogP contribution < -0.4 is 0 Å². The van der Waals surface area contributed by atoms with Gasteiger partial charge in [0, 0.05) is 32.6 Å².